The molecule has 0 aliphatic carbocycles. The van der Waals surface area contributed by atoms with E-state index in [1.54, 1.807) is 30.3 Å². The van der Waals surface area contributed by atoms with Gasteiger partial charge in [-0.05, 0) is 18.6 Å². The number of hydrogen-bond acceptors (Lipinski definition) is 5. The Morgan fingerprint density at radius 3 is 2.42 bits per heavy atom. The van der Waals surface area contributed by atoms with Crippen LogP contribution in [0.1, 0.15) is 22.8 Å². The minimum absolute atomic E-state index is 0.142. The third kappa shape index (κ3) is 4.95. The maximum absolute atomic E-state index is 12.7. The number of nitrogens with zero attached hydrogens (tertiary/aromatic N) is 1. The van der Waals surface area contributed by atoms with E-state index < -0.39 is 40.2 Å². The number of alkyl halides is 3. The maximum Gasteiger partial charge on any atom is 0.425 e. The van der Waals surface area contributed by atoms with Gasteiger partial charge in [0.15, 0.2) is 6.10 Å². The lowest BCUT2D eigenvalue weighted by molar-refractivity contribution is -0.384. The predicted molar refractivity (Wildman–Crippen MR) is 84.8 cm³/mol. The monoisotopic (exact) mass is 369 g/mol. The summed E-state index contributed by atoms with van der Waals surface area (Å²) in [5.74, 6) is -1.47. The van der Waals surface area contributed by atoms with Gasteiger partial charge in [0.25, 0.3) is 5.69 Å². The first-order valence-corrected chi connectivity index (χ1v) is 7.41. The molecule has 0 radical (unpaired) electrons. The molecule has 138 valence electrons. The highest BCUT2D eigenvalue weighted by atomic mass is 19.4. The molecule has 0 aliphatic heterocycles. The van der Waals surface area contributed by atoms with Crippen LogP contribution in [0.3, 0.4) is 0 Å². The van der Waals surface area contributed by atoms with Gasteiger partial charge in [-0.3, -0.25) is 10.1 Å². The molecule has 0 amide bonds. The smallest absolute Gasteiger partial charge is 0.425 e. The lowest BCUT2D eigenvalue weighted by Gasteiger charge is -2.19. The molecule has 0 aliphatic rings. The lowest BCUT2D eigenvalue weighted by atomic mass is 10.1. The van der Waals surface area contributed by atoms with Crippen molar-refractivity contribution in [3.8, 4) is 5.75 Å². The van der Waals surface area contributed by atoms with Crippen LogP contribution >= 0.6 is 0 Å². The number of ether oxygens (including phenoxy) is 2. The fraction of sp³-hybridized carbons (Fsp3) is 0.235. The largest absolute Gasteiger partial charge is 0.480 e. The molecule has 1 atom stereocenters. The van der Waals surface area contributed by atoms with Crippen molar-refractivity contribution in [1.29, 1.82) is 0 Å². The number of esters is 1. The number of hydrogen-bond donors (Lipinski definition) is 0. The molecule has 0 heterocycles. The molecule has 0 saturated carbocycles. The van der Waals surface area contributed by atoms with Crippen LogP contribution in [-0.2, 0) is 11.3 Å². The Morgan fingerprint density at radius 1 is 1.19 bits per heavy atom. The first-order valence-electron chi connectivity index (χ1n) is 7.41. The molecule has 2 rings (SSSR count). The quantitative estimate of drug-likeness (QED) is 0.431. The zero-order valence-electron chi connectivity index (χ0n) is 13.5. The zero-order chi connectivity index (χ0) is 19.3. The molecule has 26 heavy (non-hydrogen) atoms. The summed E-state index contributed by atoms with van der Waals surface area (Å²) in [6.45, 7) is 0.622. The Kier molecular flexibility index (Phi) is 5.81. The summed E-state index contributed by atoms with van der Waals surface area (Å²) in [6.07, 6.45) is -6.86. The molecule has 2 aromatic carbocycles. The van der Waals surface area contributed by atoms with Crippen LogP contribution in [0.15, 0.2) is 48.5 Å². The summed E-state index contributed by atoms with van der Waals surface area (Å²) < 4.78 is 47.9. The number of benzene rings is 2. The summed E-state index contributed by atoms with van der Waals surface area (Å²) in [6, 6.07) is 11.3. The van der Waals surface area contributed by atoms with E-state index in [0.29, 0.717) is 5.56 Å². The summed E-state index contributed by atoms with van der Waals surface area (Å²) in [5.41, 5.74) is -0.271. The second kappa shape index (κ2) is 7.85. The molecule has 2 aromatic rings. The van der Waals surface area contributed by atoms with E-state index in [9.17, 15) is 28.1 Å². The minimum Gasteiger partial charge on any atom is -0.480 e. The Hall–Kier alpha value is -3.10. The van der Waals surface area contributed by atoms with Gasteiger partial charge in [-0.25, -0.2) is 4.79 Å². The predicted octanol–water partition coefficient (Wildman–Crippen LogP) is 4.28. The average Bonchev–Trinajstić information content (AvgIpc) is 2.59. The van der Waals surface area contributed by atoms with Gasteiger partial charge >= 0.3 is 12.1 Å². The highest BCUT2D eigenvalue weighted by Gasteiger charge is 2.38. The van der Waals surface area contributed by atoms with E-state index in [4.69, 9.17) is 9.47 Å². The van der Waals surface area contributed by atoms with Gasteiger partial charge in [0.1, 0.15) is 17.9 Å². The van der Waals surface area contributed by atoms with Crippen molar-refractivity contribution in [3.63, 3.8) is 0 Å². The Labute approximate surface area is 146 Å². The van der Waals surface area contributed by atoms with Gasteiger partial charge in [0, 0.05) is 12.1 Å². The highest BCUT2D eigenvalue weighted by molar-refractivity contribution is 5.93. The third-order valence-electron chi connectivity index (χ3n) is 3.37. The van der Waals surface area contributed by atoms with Gasteiger partial charge in [-0.1, -0.05) is 30.3 Å². The minimum atomic E-state index is -4.66. The van der Waals surface area contributed by atoms with Crippen LogP contribution in [-0.4, -0.2) is 23.2 Å². The van der Waals surface area contributed by atoms with Crippen molar-refractivity contribution in [2.45, 2.75) is 25.8 Å². The number of carbonyl (C=O) groups is 1. The molecular formula is C17H14F3NO5. The van der Waals surface area contributed by atoms with Crippen molar-refractivity contribution in [2.75, 3.05) is 0 Å². The average molecular weight is 369 g/mol. The van der Waals surface area contributed by atoms with Crippen LogP contribution in [0.2, 0.25) is 0 Å². The van der Waals surface area contributed by atoms with E-state index >= 15 is 0 Å². The molecule has 0 bridgehead atoms. The Bertz CT molecular complexity index is 793. The zero-order valence-corrected chi connectivity index (χ0v) is 13.5. The van der Waals surface area contributed by atoms with Crippen LogP contribution < -0.4 is 4.74 Å². The van der Waals surface area contributed by atoms with Crippen molar-refractivity contribution >= 4 is 11.7 Å². The van der Waals surface area contributed by atoms with Gasteiger partial charge in [0.05, 0.1) is 4.92 Å². The van der Waals surface area contributed by atoms with E-state index in [0.717, 1.165) is 25.1 Å². The van der Waals surface area contributed by atoms with Crippen molar-refractivity contribution < 1.29 is 32.4 Å². The first kappa shape index (κ1) is 19.2. The third-order valence-corrected chi connectivity index (χ3v) is 3.37. The van der Waals surface area contributed by atoms with Crippen molar-refractivity contribution in [1.82, 2.24) is 0 Å². The van der Waals surface area contributed by atoms with Gasteiger partial charge < -0.3 is 9.47 Å². The van der Waals surface area contributed by atoms with Gasteiger partial charge in [-0.2, -0.15) is 13.2 Å². The number of non-ortho nitro benzene ring substituents is 1. The van der Waals surface area contributed by atoms with E-state index in [1.165, 1.54) is 0 Å². The number of halogens is 3. The molecule has 0 aromatic heterocycles. The molecule has 9 heteroatoms. The molecule has 0 N–H and O–H groups in total. The van der Waals surface area contributed by atoms with E-state index in [1.807, 2.05) is 0 Å². The standard InChI is InChI=1S/C17H14F3NO5/c1-11(17(18,19)20)26-15-8-7-13(21(23)24)9-14(15)16(22)25-10-12-5-3-2-4-6-12/h2-9,11H,10H2,1H3. The van der Waals surface area contributed by atoms with E-state index in [-0.39, 0.29) is 6.61 Å². The number of nitro benzene ring substituents is 1. The molecule has 0 spiro atoms. The molecular weight excluding hydrogens is 355 g/mol. The SMILES string of the molecule is CC(Oc1ccc([N+](=O)[O-])cc1C(=O)OCc1ccccc1)C(F)(F)F. The first-order chi connectivity index (χ1) is 12.2. The van der Waals surface area contributed by atoms with Crippen LogP contribution in [0, 0.1) is 10.1 Å². The number of carbonyl (C=O) groups excluding carboxylic acids is 1. The van der Waals surface area contributed by atoms with Crippen molar-refractivity contribution in [3.05, 3.63) is 69.8 Å². The Morgan fingerprint density at radius 2 is 1.85 bits per heavy atom. The Balaban J connectivity index is 2.26. The van der Waals surface area contributed by atoms with Gasteiger partial charge in [0.2, 0.25) is 0 Å². The summed E-state index contributed by atoms with van der Waals surface area (Å²) in [7, 11) is 0. The summed E-state index contributed by atoms with van der Waals surface area (Å²) in [4.78, 5) is 22.3. The maximum atomic E-state index is 12.7. The summed E-state index contributed by atoms with van der Waals surface area (Å²) >= 11 is 0. The van der Waals surface area contributed by atoms with Crippen LogP contribution in [0.5, 0.6) is 5.75 Å². The molecule has 0 saturated heterocycles. The fourth-order valence-corrected chi connectivity index (χ4v) is 1.95. The lowest BCUT2D eigenvalue weighted by Crippen LogP contribution is -2.31. The molecule has 0 fully saturated rings. The molecule has 1 unspecified atom stereocenters. The fourth-order valence-electron chi connectivity index (χ4n) is 1.95. The van der Waals surface area contributed by atoms with Gasteiger partial charge in [-0.15, -0.1) is 0 Å². The topological polar surface area (TPSA) is 78.7 Å². The molecule has 6 nitrogen and oxygen atoms in total. The number of rotatable bonds is 6. The number of nitro groups is 1. The summed E-state index contributed by atoms with van der Waals surface area (Å²) in [5, 5.41) is 10.9. The highest BCUT2D eigenvalue weighted by Crippen LogP contribution is 2.30. The van der Waals surface area contributed by atoms with Crippen molar-refractivity contribution in [2.24, 2.45) is 0 Å². The second-order valence-corrected chi connectivity index (χ2v) is 5.30. The van der Waals surface area contributed by atoms with Crippen LogP contribution in [0.4, 0.5) is 18.9 Å². The van der Waals surface area contributed by atoms with Crippen LogP contribution in [0.25, 0.3) is 0 Å². The second-order valence-electron chi connectivity index (χ2n) is 5.30. The van der Waals surface area contributed by atoms with E-state index in [2.05, 4.69) is 0 Å². The normalized spacial score (nSPS) is 12.3.